The van der Waals surface area contributed by atoms with E-state index in [2.05, 4.69) is 26.2 Å². The number of aromatic nitrogens is 1. The molecule has 5 heteroatoms. The molecule has 0 radical (unpaired) electrons. The fraction of sp³-hybridized carbons (Fsp3) is 0.143. The minimum atomic E-state index is -0.176. The third kappa shape index (κ3) is 3.30. The molecule has 1 heterocycles. The standard InChI is InChI=1S/C14H13BrN2OS/c1-9(10-5-2-3-7-12(10)15)17-13(18)11-6-4-8-16-14(11)19/h2-9H,1H3,(H,16,19)(H,17,18). The van der Waals surface area contributed by atoms with Gasteiger partial charge in [0.15, 0.2) is 0 Å². The summed E-state index contributed by atoms with van der Waals surface area (Å²) in [6, 6.07) is 11.2. The summed E-state index contributed by atoms with van der Waals surface area (Å²) in [6.45, 7) is 1.94. The van der Waals surface area contributed by atoms with Crippen LogP contribution in [0, 0.1) is 4.64 Å². The summed E-state index contributed by atoms with van der Waals surface area (Å²) < 4.78 is 1.42. The molecule has 0 fully saturated rings. The summed E-state index contributed by atoms with van der Waals surface area (Å²) >= 11 is 8.58. The Hall–Kier alpha value is -1.46. The van der Waals surface area contributed by atoms with Crippen LogP contribution in [0.3, 0.4) is 0 Å². The van der Waals surface area contributed by atoms with E-state index in [1.54, 1.807) is 18.3 Å². The fourth-order valence-corrected chi connectivity index (χ4v) is 2.64. The van der Waals surface area contributed by atoms with Crippen molar-refractivity contribution in [3.63, 3.8) is 0 Å². The maximum Gasteiger partial charge on any atom is 0.254 e. The van der Waals surface area contributed by atoms with E-state index in [1.807, 2.05) is 31.2 Å². The Morgan fingerprint density at radius 1 is 1.32 bits per heavy atom. The molecule has 0 bridgehead atoms. The zero-order chi connectivity index (χ0) is 13.8. The Kier molecular flexibility index (Phi) is 4.50. The summed E-state index contributed by atoms with van der Waals surface area (Å²) in [6.07, 6.45) is 1.70. The maximum absolute atomic E-state index is 12.1. The first kappa shape index (κ1) is 14.0. The van der Waals surface area contributed by atoms with Crippen LogP contribution in [0.4, 0.5) is 0 Å². The zero-order valence-electron chi connectivity index (χ0n) is 10.3. The van der Waals surface area contributed by atoms with E-state index >= 15 is 0 Å². The van der Waals surface area contributed by atoms with Gasteiger partial charge in [-0.2, -0.15) is 0 Å². The lowest BCUT2D eigenvalue weighted by Crippen LogP contribution is -2.27. The van der Waals surface area contributed by atoms with Crippen molar-refractivity contribution in [2.24, 2.45) is 0 Å². The van der Waals surface area contributed by atoms with Gasteiger partial charge in [-0.05, 0) is 30.7 Å². The van der Waals surface area contributed by atoms with Crippen molar-refractivity contribution < 1.29 is 4.79 Å². The quantitative estimate of drug-likeness (QED) is 0.832. The summed E-state index contributed by atoms with van der Waals surface area (Å²) in [5.74, 6) is -0.176. The van der Waals surface area contributed by atoms with Gasteiger partial charge >= 0.3 is 0 Å². The van der Waals surface area contributed by atoms with Crippen molar-refractivity contribution in [3.05, 3.63) is 62.8 Å². The van der Waals surface area contributed by atoms with Crippen molar-refractivity contribution in [2.75, 3.05) is 0 Å². The Labute approximate surface area is 125 Å². The van der Waals surface area contributed by atoms with Crippen LogP contribution in [0.15, 0.2) is 47.1 Å². The van der Waals surface area contributed by atoms with E-state index in [0.717, 1.165) is 10.0 Å². The fourth-order valence-electron chi connectivity index (χ4n) is 1.78. The molecule has 1 unspecified atom stereocenters. The lowest BCUT2D eigenvalue weighted by Gasteiger charge is -2.15. The number of carbonyl (C=O) groups is 1. The van der Waals surface area contributed by atoms with Crippen molar-refractivity contribution in [1.29, 1.82) is 0 Å². The second-order valence-electron chi connectivity index (χ2n) is 4.13. The summed E-state index contributed by atoms with van der Waals surface area (Å²) in [7, 11) is 0. The smallest absolute Gasteiger partial charge is 0.254 e. The Bertz CT molecular complexity index is 654. The normalized spacial score (nSPS) is 11.9. The molecule has 98 valence electrons. The van der Waals surface area contributed by atoms with Crippen LogP contribution in [0.1, 0.15) is 28.9 Å². The predicted molar refractivity (Wildman–Crippen MR) is 81.6 cm³/mol. The molecule has 1 atom stereocenters. The first-order valence-corrected chi connectivity index (χ1v) is 7.02. The van der Waals surface area contributed by atoms with Crippen LogP contribution in [0.2, 0.25) is 0 Å². The van der Waals surface area contributed by atoms with Crippen LogP contribution in [-0.4, -0.2) is 10.9 Å². The van der Waals surface area contributed by atoms with Gasteiger partial charge in [0.1, 0.15) is 4.64 Å². The molecule has 2 aromatic rings. The van der Waals surface area contributed by atoms with Crippen LogP contribution in [-0.2, 0) is 0 Å². The number of hydrogen-bond donors (Lipinski definition) is 2. The summed E-state index contributed by atoms with van der Waals surface area (Å²) in [5.41, 5.74) is 1.51. The number of pyridine rings is 1. The first-order chi connectivity index (χ1) is 9.09. The highest BCUT2D eigenvalue weighted by Crippen LogP contribution is 2.22. The maximum atomic E-state index is 12.1. The molecular formula is C14H13BrN2OS. The van der Waals surface area contributed by atoms with E-state index in [4.69, 9.17) is 12.2 Å². The van der Waals surface area contributed by atoms with Gasteiger partial charge in [0.25, 0.3) is 5.91 Å². The molecule has 0 aliphatic carbocycles. The SMILES string of the molecule is CC(NC(=O)c1ccc[nH]c1=S)c1ccccc1Br. The molecule has 3 nitrogen and oxygen atoms in total. The van der Waals surface area contributed by atoms with E-state index in [9.17, 15) is 4.79 Å². The van der Waals surface area contributed by atoms with E-state index in [-0.39, 0.29) is 11.9 Å². The van der Waals surface area contributed by atoms with Crippen LogP contribution < -0.4 is 5.32 Å². The van der Waals surface area contributed by atoms with E-state index in [1.165, 1.54) is 0 Å². The number of hydrogen-bond acceptors (Lipinski definition) is 2. The molecule has 19 heavy (non-hydrogen) atoms. The molecule has 1 aromatic carbocycles. The number of H-pyrrole nitrogens is 1. The largest absolute Gasteiger partial charge is 0.352 e. The summed E-state index contributed by atoms with van der Waals surface area (Å²) in [5, 5.41) is 2.94. The Morgan fingerprint density at radius 3 is 2.74 bits per heavy atom. The second-order valence-corrected chi connectivity index (χ2v) is 5.39. The van der Waals surface area contributed by atoms with Crippen molar-refractivity contribution in [1.82, 2.24) is 10.3 Å². The summed E-state index contributed by atoms with van der Waals surface area (Å²) in [4.78, 5) is 15.0. The van der Waals surface area contributed by atoms with Crippen molar-refractivity contribution in [3.8, 4) is 0 Å². The molecule has 0 spiro atoms. The topological polar surface area (TPSA) is 44.9 Å². The molecule has 0 aliphatic heterocycles. The molecule has 2 N–H and O–H groups in total. The molecule has 0 saturated carbocycles. The Morgan fingerprint density at radius 2 is 2.05 bits per heavy atom. The number of amides is 1. The lowest BCUT2D eigenvalue weighted by atomic mass is 10.1. The third-order valence-electron chi connectivity index (χ3n) is 2.78. The molecule has 0 saturated heterocycles. The van der Waals surface area contributed by atoms with Crippen LogP contribution >= 0.6 is 28.1 Å². The van der Waals surface area contributed by atoms with Crippen LogP contribution in [0.25, 0.3) is 0 Å². The minimum absolute atomic E-state index is 0.0994. The van der Waals surface area contributed by atoms with Crippen molar-refractivity contribution in [2.45, 2.75) is 13.0 Å². The first-order valence-electron chi connectivity index (χ1n) is 5.82. The second kappa shape index (κ2) is 6.12. The molecule has 2 rings (SSSR count). The highest BCUT2D eigenvalue weighted by molar-refractivity contribution is 9.10. The predicted octanol–water partition coefficient (Wildman–Crippen LogP) is 4.00. The molecule has 1 aromatic heterocycles. The average molecular weight is 337 g/mol. The van der Waals surface area contributed by atoms with Gasteiger partial charge in [0, 0.05) is 10.7 Å². The molecule has 1 amide bonds. The van der Waals surface area contributed by atoms with E-state index < -0.39 is 0 Å². The number of rotatable bonds is 3. The lowest BCUT2D eigenvalue weighted by molar-refractivity contribution is 0.0939. The van der Waals surface area contributed by atoms with Gasteiger partial charge < -0.3 is 10.3 Å². The molecule has 0 aliphatic rings. The zero-order valence-corrected chi connectivity index (χ0v) is 12.7. The number of aromatic amines is 1. The Balaban J connectivity index is 2.18. The third-order valence-corrected chi connectivity index (χ3v) is 3.84. The number of benzene rings is 1. The monoisotopic (exact) mass is 336 g/mol. The van der Waals surface area contributed by atoms with Gasteiger partial charge in [-0.3, -0.25) is 4.79 Å². The average Bonchev–Trinajstić information content (AvgIpc) is 2.39. The van der Waals surface area contributed by atoms with Gasteiger partial charge in [-0.15, -0.1) is 0 Å². The van der Waals surface area contributed by atoms with Gasteiger partial charge in [0.05, 0.1) is 11.6 Å². The number of halogens is 1. The van der Waals surface area contributed by atoms with E-state index in [0.29, 0.717) is 10.2 Å². The van der Waals surface area contributed by atoms with Gasteiger partial charge in [0.2, 0.25) is 0 Å². The highest BCUT2D eigenvalue weighted by Gasteiger charge is 2.14. The van der Waals surface area contributed by atoms with Crippen molar-refractivity contribution >= 4 is 34.1 Å². The minimum Gasteiger partial charge on any atom is -0.352 e. The number of nitrogens with one attached hydrogen (secondary N) is 2. The highest BCUT2D eigenvalue weighted by atomic mass is 79.9. The van der Waals surface area contributed by atoms with Gasteiger partial charge in [-0.25, -0.2) is 0 Å². The van der Waals surface area contributed by atoms with Crippen LogP contribution in [0.5, 0.6) is 0 Å². The molecular weight excluding hydrogens is 324 g/mol. The number of carbonyl (C=O) groups excluding carboxylic acids is 1. The van der Waals surface area contributed by atoms with Gasteiger partial charge in [-0.1, -0.05) is 46.3 Å².